The van der Waals surface area contributed by atoms with Crippen molar-refractivity contribution in [2.24, 2.45) is 0 Å². The van der Waals surface area contributed by atoms with Crippen molar-refractivity contribution in [3.63, 3.8) is 0 Å². The molecular formula is C9H20N2. The van der Waals surface area contributed by atoms with Crippen LogP contribution in [0, 0.1) is 0 Å². The van der Waals surface area contributed by atoms with E-state index in [-0.39, 0.29) is 0 Å². The highest BCUT2D eigenvalue weighted by molar-refractivity contribution is 4.93. The standard InChI is InChI=1S/C9H20N2/c1-8(2)11-6-5-9(3,7-11)10-4/h8,10H,5-7H2,1-4H3/t9-/m1/s1. The Morgan fingerprint density at radius 1 is 1.45 bits per heavy atom. The van der Waals surface area contributed by atoms with Crippen LogP contribution in [0.2, 0.25) is 0 Å². The fraction of sp³-hybridized carbons (Fsp3) is 1.00. The van der Waals surface area contributed by atoms with Crippen molar-refractivity contribution >= 4 is 0 Å². The maximum atomic E-state index is 3.38. The highest BCUT2D eigenvalue weighted by Crippen LogP contribution is 2.21. The quantitative estimate of drug-likeness (QED) is 0.643. The molecule has 0 radical (unpaired) electrons. The highest BCUT2D eigenvalue weighted by atomic mass is 15.2. The largest absolute Gasteiger partial charge is 0.313 e. The lowest BCUT2D eigenvalue weighted by Crippen LogP contribution is -2.43. The van der Waals surface area contributed by atoms with E-state index in [2.05, 4.69) is 38.0 Å². The number of hydrogen-bond acceptors (Lipinski definition) is 2. The second-order valence-electron chi connectivity index (χ2n) is 4.12. The molecule has 1 atom stereocenters. The molecule has 2 nitrogen and oxygen atoms in total. The molecule has 66 valence electrons. The van der Waals surface area contributed by atoms with Crippen molar-refractivity contribution in [3.8, 4) is 0 Å². The van der Waals surface area contributed by atoms with Gasteiger partial charge < -0.3 is 5.32 Å². The second kappa shape index (κ2) is 3.11. The summed E-state index contributed by atoms with van der Waals surface area (Å²) in [5, 5.41) is 3.38. The normalized spacial score (nSPS) is 33.5. The van der Waals surface area contributed by atoms with Gasteiger partial charge in [-0.15, -0.1) is 0 Å². The van der Waals surface area contributed by atoms with Crippen molar-refractivity contribution in [2.45, 2.75) is 38.8 Å². The SMILES string of the molecule is CN[C@]1(C)CCN(C(C)C)C1. The summed E-state index contributed by atoms with van der Waals surface area (Å²) in [4.78, 5) is 2.52. The summed E-state index contributed by atoms with van der Waals surface area (Å²) >= 11 is 0. The van der Waals surface area contributed by atoms with Crippen LogP contribution >= 0.6 is 0 Å². The molecule has 11 heavy (non-hydrogen) atoms. The average Bonchev–Trinajstić information content (AvgIpc) is 2.33. The van der Waals surface area contributed by atoms with Crippen LogP contribution in [-0.2, 0) is 0 Å². The Bertz CT molecular complexity index is 134. The molecule has 1 N–H and O–H groups in total. The first-order valence-corrected chi connectivity index (χ1v) is 4.50. The minimum Gasteiger partial charge on any atom is -0.313 e. The topological polar surface area (TPSA) is 15.3 Å². The molecule has 1 aliphatic heterocycles. The van der Waals surface area contributed by atoms with E-state index < -0.39 is 0 Å². The van der Waals surface area contributed by atoms with Gasteiger partial charge in [-0.2, -0.15) is 0 Å². The molecule has 0 amide bonds. The number of nitrogens with zero attached hydrogens (tertiary/aromatic N) is 1. The number of rotatable bonds is 2. The molecule has 1 heterocycles. The van der Waals surface area contributed by atoms with Gasteiger partial charge in [-0.3, -0.25) is 4.90 Å². The molecule has 0 spiro atoms. The van der Waals surface area contributed by atoms with E-state index in [1.807, 2.05) is 0 Å². The van der Waals surface area contributed by atoms with Crippen molar-refractivity contribution < 1.29 is 0 Å². The van der Waals surface area contributed by atoms with E-state index in [0.717, 1.165) is 0 Å². The van der Waals surface area contributed by atoms with Crippen LogP contribution in [0.5, 0.6) is 0 Å². The smallest absolute Gasteiger partial charge is 0.0289 e. The molecule has 1 saturated heterocycles. The molecular weight excluding hydrogens is 136 g/mol. The molecule has 0 aliphatic carbocycles. The zero-order chi connectivity index (χ0) is 8.48. The maximum absolute atomic E-state index is 3.38. The minimum absolute atomic E-state index is 0.365. The van der Waals surface area contributed by atoms with Gasteiger partial charge in [0.25, 0.3) is 0 Å². The summed E-state index contributed by atoms with van der Waals surface area (Å²) in [7, 11) is 2.06. The molecule has 0 bridgehead atoms. The highest BCUT2D eigenvalue weighted by Gasteiger charge is 2.32. The second-order valence-corrected chi connectivity index (χ2v) is 4.12. The predicted molar refractivity (Wildman–Crippen MR) is 48.8 cm³/mol. The average molecular weight is 156 g/mol. The third-order valence-electron chi connectivity index (χ3n) is 2.84. The Kier molecular flexibility index (Phi) is 2.55. The molecule has 2 heteroatoms. The van der Waals surface area contributed by atoms with E-state index >= 15 is 0 Å². The predicted octanol–water partition coefficient (Wildman–Crippen LogP) is 1.08. The molecule has 0 aromatic carbocycles. The molecule has 0 aromatic heterocycles. The Morgan fingerprint density at radius 2 is 2.09 bits per heavy atom. The summed E-state index contributed by atoms with van der Waals surface area (Å²) in [6.07, 6.45) is 1.28. The van der Waals surface area contributed by atoms with Crippen LogP contribution in [-0.4, -0.2) is 36.6 Å². The number of nitrogens with one attached hydrogen (secondary N) is 1. The van der Waals surface area contributed by atoms with Crippen molar-refractivity contribution in [1.82, 2.24) is 10.2 Å². The molecule has 1 rings (SSSR count). The van der Waals surface area contributed by atoms with Crippen LogP contribution in [0.3, 0.4) is 0 Å². The van der Waals surface area contributed by atoms with Gasteiger partial charge in [0.15, 0.2) is 0 Å². The summed E-state index contributed by atoms with van der Waals surface area (Å²) in [6.45, 7) is 9.27. The molecule has 1 aliphatic rings. The lowest BCUT2D eigenvalue weighted by atomic mass is 10.0. The van der Waals surface area contributed by atoms with Gasteiger partial charge in [0, 0.05) is 24.7 Å². The number of likely N-dealkylation sites (N-methyl/N-ethyl adjacent to an activating group) is 1. The molecule has 0 unspecified atom stereocenters. The van der Waals surface area contributed by atoms with Crippen molar-refractivity contribution in [1.29, 1.82) is 0 Å². The first kappa shape index (κ1) is 9.01. The van der Waals surface area contributed by atoms with Crippen LogP contribution < -0.4 is 5.32 Å². The fourth-order valence-corrected chi connectivity index (χ4v) is 1.64. The zero-order valence-corrected chi connectivity index (χ0v) is 8.15. The third kappa shape index (κ3) is 1.94. The third-order valence-corrected chi connectivity index (χ3v) is 2.84. The zero-order valence-electron chi connectivity index (χ0n) is 8.15. The van der Waals surface area contributed by atoms with Crippen LogP contribution in [0.25, 0.3) is 0 Å². The van der Waals surface area contributed by atoms with Gasteiger partial charge in [-0.25, -0.2) is 0 Å². The number of hydrogen-bond donors (Lipinski definition) is 1. The van der Waals surface area contributed by atoms with Gasteiger partial charge in [0.05, 0.1) is 0 Å². The van der Waals surface area contributed by atoms with Crippen LogP contribution in [0.4, 0.5) is 0 Å². The van der Waals surface area contributed by atoms with Gasteiger partial charge in [-0.05, 0) is 34.2 Å². The summed E-state index contributed by atoms with van der Waals surface area (Å²) in [6, 6.07) is 0.699. The Balaban J connectivity index is 2.46. The van der Waals surface area contributed by atoms with Gasteiger partial charge in [0.1, 0.15) is 0 Å². The van der Waals surface area contributed by atoms with Gasteiger partial charge in [0.2, 0.25) is 0 Å². The summed E-state index contributed by atoms with van der Waals surface area (Å²) < 4.78 is 0. The van der Waals surface area contributed by atoms with E-state index in [1.165, 1.54) is 19.5 Å². The minimum atomic E-state index is 0.365. The van der Waals surface area contributed by atoms with Gasteiger partial charge >= 0.3 is 0 Å². The monoisotopic (exact) mass is 156 g/mol. The summed E-state index contributed by atoms with van der Waals surface area (Å²) in [5.74, 6) is 0. The first-order valence-electron chi connectivity index (χ1n) is 4.50. The maximum Gasteiger partial charge on any atom is 0.0289 e. The van der Waals surface area contributed by atoms with Gasteiger partial charge in [-0.1, -0.05) is 0 Å². The Labute approximate surface area is 70.0 Å². The van der Waals surface area contributed by atoms with Crippen molar-refractivity contribution in [3.05, 3.63) is 0 Å². The molecule has 1 fully saturated rings. The van der Waals surface area contributed by atoms with E-state index in [1.54, 1.807) is 0 Å². The lowest BCUT2D eigenvalue weighted by Gasteiger charge is -2.25. The fourth-order valence-electron chi connectivity index (χ4n) is 1.64. The van der Waals surface area contributed by atoms with Crippen LogP contribution in [0.15, 0.2) is 0 Å². The van der Waals surface area contributed by atoms with E-state index in [4.69, 9.17) is 0 Å². The van der Waals surface area contributed by atoms with Crippen LogP contribution in [0.1, 0.15) is 27.2 Å². The Hall–Kier alpha value is -0.0800. The first-order chi connectivity index (χ1) is 5.07. The summed E-state index contributed by atoms with van der Waals surface area (Å²) in [5.41, 5.74) is 0.365. The Morgan fingerprint density at radius 3 is 2.36 bits per heavy atom. The van der Waals surface area contributed by atoms with E-state index in [0.29, 0.717) is 11.6 Å². The van der Waals surface area contributed by atoms with E-state index in [9.17, 15) is 0 Å². The number of likely N-dealkylation sites (tertiary alicyclic amines) is 1. The molecule has 0 aromatic rings. The molecule has 0 saturated carbocycles. The van der Waals surface area contributed by atoms with Crippen molar-refractivity contribution in [2.75, 3.05) is 20.1 Å². The lowest BCUT2D eigenvalue weighted by molar-refractivity contribution is 0.251.